The summed E-state index contributed by atoms with van der Waals surface area (Å²) in [6, 6.07) is 2.27. The van der Waals surface area contributed by atoms with Crippen LogP contribution in [-0.4, -0.2) is 13.7 Å². The van der Waals surface area contributed by atoms with Gasteiger partial charge in [0.2, 0.25) is 10.0 Å². The Morgan fingerprint density at radius 1 is 1.25 bits per heavy atom. The predicted octanol–water partition coefficient (Wildman–Crippen LogP) is 2.42. The van der Waals surface area contributed by atoms with Crippen LogP contribution in [0.15, 0.2) is 12.1 Å². The van der Waals surface area contributed by atoms with Gasteiger partial charge >= 0.3 is 0 Å². The van der Waals surface area contributed by atoms with Gasteiger partial charge in [0.1, 0.15) is 11.5 Å². The molecule has 0 aliphatic rings. The molecular formula is C10H13F2NO2S. The van der Waals surface area contributed by atoms with E-state index in [9.17, 15) is 17.2 Å². The van der Waals surface area contributed by atoms with Gasteiger partial charge in [0.15, 0.2) is 5.82 Å². The molecule has 0 spiro atoms. The summed E-state index contributed by atoms with van der Waals surface area (Å²) in [7, 11) is -3.74. The van der Waals surface area contributed by atoms with Crippen molar-refractivity contribution >= 4 is 15.7 Å². The van der Waals surface area contributed by atoms with E-state index in [2.05, 4.69) is 0 Å². The van der Waals surface area contributed by atoms with Crippen molar-refractivity contribution in [2.45, 2.75) is 26.0 Å². The minimum absolute atomic E-state index is 0.183. The van der Waals surface area contributed by atoms with Crippen molar-refractivity contribution in [3.63, 3.8) is 0 Å². The second-order valence-corrected chi connectivity index (χ2v) is 5.99. The number of aryl methyl sites for hydroxylation is 1. The van der Waals surface area contributed by atoms with Crippen LogP contribution in [0.3, 0.4) is 0 Å². The van der Waals surface area contributed by atoms with E-state index >= 15 is 0 Å². The number of hydrogen-bond acceptors (Lipinski definition) is 2. The molecule has 0 aliphatic carbocycles. The highest BCUT2D eigenvalue weighted by molar-refractivity contribution is 7.93. The molecular weight excluding hydrogens is 236 g/mol. The third-order valence-corrected chi connectivity index (χ3v) is 3.88. The molecule has 3 nitrogen and oxygen atoms in total. The second kappa shape index (κ2) is 4.37. The van der Waals surface area contributed by atoms with Crippen LogP contribution in [-0.2, 0) is 10.0 Å². The lowest BCUT2D eigenvalue weighted by Gasteiger charge is -2.13. The number of halogens is 2. The number of nitrogens with one attached hydrogen (secondary N) is 1. The minimum atomic E-state index is -3.74. The molecule has 1 rings (SSSR count). The highest BCUT2D eigenvalue weighted by atomic mass is 32.2. The van der Waals surface area contributed by atoms with Gasteiger partial charge in [-0.15, -0.1) is 0 Å². The Balaban J connectivity index is 3.21. The Labute approximate surface area is 93.5 Å². The van der Waals surface area contributed by atoms with E-state index in [0.717, 1.165) is 6.07 Å². The fraction of sp³-hybridized carbons (Fsp3) is 0.400. The smallest absolute Gasteiger partial charge is 0.235 e. The van der Waals surface area contributed by atoms with Gasteiger partial charge in [0.25, 0.3) is 0 Å². The van der Waals surface area contributed by atoms with E-state index in [1.807, 2.05) is 4.72 Å². The Kier molecular flexibility index (Phi) is 3.52. The molecule has 1 N–H and O–H groups in total. The molecule has 0 aliphatic heterocycles. The van der Waals surface area contributed by atoms with Gasteiger partial charge in [-0.1, -0.05) is 6.07 Å². The fourth-order valence-electron chi connectivity index (χ4n) is 1.01. The van der Waals surface area contributed by atoms with Crippen LogP contribution in [0.1, 0.15) is 19.4 Å². The van der Waals surface area contributed by atoms with E-state index in [1.165, 1.54) is 26.8 Å². The Morgan fingerprint density at radius 2 is 1.81 bits per heavy atom. The van der Waals surface area contributed by atoms with E-state index in [1.54, 1.807) is 0 Å². The van der Waals surface area contributed by atoms with Crippen LogP contribution >= 0.6 is 0 Å². The van der Waals surface area contributed by atoms with Crippen molar-refractivity contribution in [1.29, 1.82) is 0 Å². The van der Waals surface area contributed by atoms with E-state index in [-0.39, 0.29) is 5.56 Å². The zero-order valence-electron chi connectivity index (χ0n) is 9.21. The van der Waals surface area contributed by atoms with Gasteiger partial charge in [0, 0.05) is 0 Å². The van der Waals surface area contributed by atoms with Gasteiger partial charge in [-0.2, -0.15) is 0 Å². The van der Waals surface area contributed by atoms with Crippen molar-refractivity contribution in [2.24, 2.45) is 0 Å². The molecule has 0 unspecified atom stereocenters. The van der Waals surface area contributed by atoms with Gasteiger partial charge in [-0.25, -0.2) is 17.2 Å². The predicted molar refractivity (Wildman–Crippen MR) is 58.8 cm³/mol. The van der Waals surface area contributed by atoms with E-state index in [4.69, 9.17) is 0 Å². The standard InChI is InChI=1S/C10H13F2NO2S/c1-6(2)16(14,15)13-10-8(11)5-4-7(3)9(10)12/h4-6,13H,1-3H3. The van der Waals surface area contributed by atoms with Crippen LogP contribution in [0.5, 0.6) is 0 Å². The Hall–Kier alpha value is -1.17. The van der Waals surface area contributed by atoms with Gasteiger partial charge < -0.3 is 0 Å². The highest BCUT2D eigenvalue weighted by Gasteiger charge is 2.20. The molecule has 0 heterocycles. The summed E-state index contributed by atoms with van der Waals surface area (Å²) in [5, 5.41) is -0.758. The molecule has 0 bridgehead atoms. The summed E-state index contributed by atoms with van der Waals surface area (Å²) in [5.41, 5.74) is -0.434. The topological polar surface area (TPSA) is 46.2 Å². The third kappa shape index (κ3) is 2.49. The lowest BCUT2D eigenvalue weighted by Crippen LogP contribution is -2.23. The number of sulfonamides is 1. The second-order valence-electron chi connectivity index (χ2n) is 3.75. The summed E-state index contributed by atoms with van der Waals surface area (Å²) >= 11 is 0. The monoisotopic (exact) mass is 249 g/mol. The van der Waals surface area contributed by atoms with Crippen LogP contribution in [0.4, 0.5) is 14.5 Å². The summed E-state index contributed by atoms with van der Waals surface area (Å²) in [6.07, 6.45) is 0. The molecule has 90 valence electrons. The quantitative estimate of drug-likeness (QED) is 0.894. The lowest BCUT2D eigenvalue weighted by molar-refractivity contribution is 0.576. The first kappa shape index (κ1) is 12.9. The molecule has 0 saturated heterocycles. The van der Waals surface area contributed by atoms with Crippen LogP contribution in [0.2, 0.25) is 0 Å². The largest absolute Gasteiger partial charge is 0.278 e. The molecule has 1 aromatic carbocycles. The number of benzene rings is 1. The van der Waals surface area contributed by atoms with Gasteiger partial charge in [-0.3, -0.25) is 4.72 Å². The molecule has 0 fully saturated rings. The maximum absolute atomic E-state index is 13.5. The van der Waals surface area contributed by atoms with Crippen LogP contribution in [0, 0.1) is 18.6 Å². The normalized spacial score (nSPS) is 11.9. The van der Waals surface area contributed by atoms with Crippen molar-refractivity contribution in [3.8, 4) is 0 Å². The molecule has 0 saturated carbocycles. The summed E-state index contributed by atoms with van der Waals surface area (Å²) in [5.74, 6) is -1.81. The van der Waals surface area contributed by atoms with Gasteiger partial charge in [-0.05, 0) is 32.4 Å². The number of rotatable bonds is 3. The molecule has 16 heavy (non-hydrogen) atoms. The van der Waals surface area contributed by atoms with E-state index < -0.39 is 32.6 Å². The Bertz CT molecular complexity index is 498. The average molecular weight is 249 g/mol. The average Bonchev–Trinajstić information content (AvgIpc) is 2.18. The SMILES string of the molecule is Cc1ccc(F)c(NS(=O)(=O)C(C)C)c1F. The Morgan fingerprint density at radius 3 is 2.31 bits per heavy atom. The summed E-state index contributed by atoms with van der Waals surface area (Å²) in [4.78, 5) is 0. The van der Waals surface area contributed by atoms with Crippen molar-refractivity contribution in [3.05, 3.63) is 29.3 Å². The molecule has 6 heteroatoms. The van der Waals surface area contributed by atoms with Gasteiger partial charge in [0.05, 0.1) is 5.25 Å². The lowest BCUT2D eigenvalue weighted by atomic mass is 10.2. The molecule has 0 amide bonds. The number of anilines is 1. The molecule has 1 aromatic rings. The first-order chi connectivity index (χ1) is 7.25. The zero-order chi connectivity index (χ0) is 12.5. The summed E-state index contributed by atoms with van der Waals surface area (Å²) < 4.78 is 51.6. The molecule has 0 aromatic heterocycles. The highest BCUT2D eigenvalue weighted by Crippen LogP contribution is 2.23. The first-order valence-corrected chi connectivity index (χ1v) is 6.26. The first-order valence-electron chi connectivity index (χ1n) is 4.72. The van der Waals surface area contributed by atoms with Crippen molar-refractivity contribution in [1.82, 2.24) is 0 Å². The minimum Gasteiger partial charge on any atom is -0.278 e. The number of hydrogen-bond donors (Lipinski definition) is 1. The van der Waals surface area contributed by atoms with Crippen LogP contribution in [0.25, 0.3) is 0 Å². The summed E-state index contributed by atoms with van der Waals surface area (Å²) in [6.45, 7) is 4.28. The van der Waals surface area contributed by atoms with Crippen molar-refractivity contribution < 1.29 is 17.2 Å². The van der Waals surface area contributed by atoms with Crippen LogP contribution < -0.4 is 4.72 Å². The molecule has 0 atom stereocenters. The zero-order valence-corrected chi connectivity index (χ0v) is 10.0. The molecule has 0 radical (unpaired) electrons. The van der Waals surface area contributed by atoms with E-state index in [0.29, 0.717) is 0 Å². The third-order valence-electron chi connectivity index (χ3n) is 2.15. The maximum Gasteiger partial charge on any atom is 0.235 e. The van der Waals surface area contributed by atoms with Crippen molar-refractivity contribution in [2.75, 3.05) is 4.72 Å². The maximum atomic E-state index is 13.5. The fourth-order valence-corrected chi connectivity index (χ4v) is 1.72.